The number of hydrogen-bond acceptors (Lipinski definition) is 6. The van der Waals surface area contributed by atoms with Gasteiger partial charge in [-0.1, -0.05) is 28.9 Å². The number of halogens is 1. The molecule has 5 rings (SSSR count). The maximum atomic E-state index is 12.6. The zero-order valence-electron chi connectivity index (χ0n) is 15.7. The zero-order valence-corrected chi connectivity index (χ0v) is 16.5. The maximum Gasteiger partial charge on any atom is 0.252 e. The Balaban J connectivity index is 1.25. The first-order valence-corrected chi connectivity index (χ1v) is 10.1. The van der Waals surface area contributed by atoms with Crippen molar-refractivity contribution in [3.63, 3.8) is 0 Å². The van der Waals surface area contributed by atoms with E-state index in [1.165, 1.54) is 0 Å². The molecule has 4 atom stereocenters. The number of likely N-dealkylation sites (tertiary alicyclic amines) is 1. The van der Waals surface area contributed by atoms with Crippen LogP contribution in [0.25, 0.3) is 0 Å². The summed E-state index contributed by atoms with van der Waals surface area (Å²) in [5, 5.41) is 7.43. The highest BCUT2D eigenvalue weighted by Gasteiger charge is 2.62. The fourth-order valence-corrected chi connectivity index (χ4v) is 5.45. The first-order chi connectivity index (χ1) is 13.5. The number of rotatable bonds is 5. The fraction of sp³-hybridized carbons (Fsp3) is 0.550. The van der Waals surface area contributed by atoms with E-state index < -0.39 is 0 Å². The molecule has 1 aromatic carbocycles. The minimum atomic E-state index is -0.126. The quantitative estimate of drug-likeness (QED) is 0.827. The number of hydrogen-bond donors (Lipinski definition) is 1. The Bertz CT molecular complexity index is 903. The highest BCUT2D eigenvalue weighted by Crippen LogP contribution is 2.54. The largest absolute Gasteiger partial charge is 0.370 e. The third-order valence-electron chi connectivity index (χ3n) is 6.40. The Kier molecular flexibility index (Phi) is 4.41. The van der Waals surface area contributed by atoms with Gasteiger partial charge in [0.1, 0.15) is 0 Å². The highest BCUT2D eigenvalue weighted by molar-refractivity contribution is 6.33. The van der Waals surface area contributed by atoms with Crippen molar-refractivity contribution in [2.24, 2.45) is 11.8 Å². The summed E-state index contributed by atoms with van der Waals surface area (Å²) in [6.07, 6.45) is 2.36. The van der Waals surface area contributed by atoms with Crippen molar-refractivity contribution < 1.29 is 14.1 Å². The van der Waals surface area contributed by atoms with E-state index in [0.29, 0.717) is 47.2 Å². The Morgan fingerprint density at radius 2 is 2.29 bits per heavy atom. The van der Waals surface area contributed by atoms with Crippen LogP contribution in [0, 0.1) is 18.8 Å². The van der Waals surface area contributed by atoms with Crippen LogP contribution in [0.2, 0.25) is 5.02 Å². The van der Waals surface area contributed by atoms with Crippen LogP contribution >= 0.6 is 11.6 Å². The molecule has 148 valence electrons. The SMILES string of the molecule is Cc1noc(CN2C[C@@H]3[C@H](CNC(=O)c4ccccc4Cl)[C@H]4CC[C@]3(C2)O4)n1. The van der Waals surface area contributed by atoms with Gasteiger partial charge in [-0.15, -0.1) is 0 Å². The van der Waals surface area contributed by atoms with Crippen molar-refractivity contribution in [2.45, 2.75) is 38.0 Å². The van der Waals surface area contributed by atoms with Crippen LogP contribution < -0.4 is 5.32 Å². The summed E-state index contributed by atoms with van der Waals surface area (Å²) in [6, 6.07) is 7.13. The van der Waals surface area contributed by atoms with Crippen LogP contribution in [0.15, 0.2) is 28.8 Å². The van der Waals surface area contributed by atoms with Crippen LogP contribution in [-0.2, 0) is 11.3 Å². The number of carbonyl (C=O) groups excluding carboxylic acids is 1. The molecule has 3 aliphatic heterocycles. The highest BCUT2D eigenvalue weighted by atomic mass is 35.5. The summed E-state index contributed by atoms with van der Waals surface area (Å²) in [5.74, 6) is 1.90. The van der Waals surface area contributed by atoms with Crippen molar-refractivity contribution in [1.29, 1.82) is 0 Å². The average Bonchev–Trinajstić information content (AvgIpc) is 3.41. The van der Waals surface area contributed by atoms with E-state index in [-0.39, 0.29) is 17.6 Å². The van der Waals surface area contributed by atoms with Gasteiger partial charge in [-0.2, -0.15) is 4.98 Å². The monoisotopic (exact) mass is 402 g/mol. The van der Waals surface area contributed by atoms with Gasteiger partial charge < -0.3 is 14.6 Å². The van der Waals surface area contributed by atoms with Gasteiger partial charge >= 0.3 is 0 Å². The fourth-order valence-electron chi connectivity index (χ4n) is 5.23. The second-order valence-electron chi connectivity index (χ2n) is 8.12. The molecule has 2 bridgehead atoms. The Morgan fingerprint density at radius 1 is 1.43 bits per heavy atom. The minimum absolute atomic E-state index is 0.0977. The number of aromatic nitrogens is 2. The maximum absolute atomic E-state index is 12.6. The summed E-state index contributed by atoms with van der Waals surface area (Å²) in [7, 11) is 0. The summed E-state index contributed by atoms with van der Waals surface area (Å²) in [5.41, 5.74) is 0.419. The lowest BCUT2D eigenvalue weighted by Crippen LogP contribution is -2.41. The summed E-state index contributed by atoms with van der Waals surface area (Å²) in [4.78, 5) is 19.2. The number of fused-ring (bicyclic) bond motifs is 1. The number of nitrogens with zero attached hydrogens (tertiary/aromatic N) is 3. The minimum Gasteiger partial charge on any atom is -0.370 e. The molecule has 3 aliphatic rings. The van der Waals surface area contributed by atoms with Crippen LogP contribution in [-0.4, -0.2) is 52.3 Å². The van der Waals surface area contributed by atoms with Crippen molar-refractivity contribution in [3.8, 4) is 0 Å². The molecule has 3 saturated heterocycles. The van der Waals surface area contributed by atoms with Gasteiger partial charge in [0.05, 0.1) is 28.8 Å². The molecule has 3 fully saturated rings. The van der Waals surface area contributed by atoms with Gasteiger partial charge in [0.15, 0.2) is 5.82 Å². The molecule has 1 amide bonds. The number of carbonyl (C=O) groups is 1. The molecule has 0 aliphatic carbocycles. The Labute approximate surface area is 168 Å². The van der Waals surface area contributed by atoms with Gasteiger partial charge in [0, 0.05) is 31.5 Å². The lowest BCUT2D eigenvalue weighted by atomic mass is 9.73. The lowest BCUT2D eigenvalue weighted by molar-refractivity contribution is 0.00143. The molecular weight excluding hydrogens is 380 g/mol. The standard InChI is InChI=1S/C20H23ClN4O3/c1-12-23-18(28-24-12)10-25-9-15-14(17-6-7-20(15,11-25)27-17)8-22-19(26)13-4-2-3-5-16(13)21/h2-5,14-15,17H,6-11H2,1H3,(H,22,26)/t14-,15+,17+,20+/m0/s1. The second kappa shape index (κ2) is 6.83. The van der Waals surface area contributed by atoms with E-state index in [4.69, 9.17) is 20.9 Å². The number of aryl methyl sites for hydroxylation is 1. The summed E-state index contributed by atoms with van der Waals surface area (Å²) < 4.78 is 11.7. The third-order valence-corrected chi connectivity index (χ3v) is 6.73. The Hall–Kier alpha value is -1.96. The van der Waals surface area contributed by atoms with Crippen molar-refractivity contribution >= 4 is 17.5 Å². The van der Waals surface area contributed by atoms with E-state index >= 15 is 0 Å². The molecular formula is C20H23ClN4O3. The molecule has 7 nitrogen and oxygen atoms in total. The third kappa shape index (κ3) is 3.02. The normalized spacial score (nSPS) is 31.3. The second-order valence-corrected chi connectivity index (χ2v) is 8.53. The van der Waals surface area contributed by atoms with Gasteiger partial charge in [-0.3, -0.25) is 9.69 Å². The molecule has 4 heterocycles. The first-order valence-electron chi connectivity index (χ1n) is 9.76. The van der Waals surface area contributed by atoms with E-state index in [0.717, 1.165) is 25.9 Å². The summed E-state index contributed by atoms with van der Waals surface area (Å²) in [6.45, 7) is 4.88. The van der Waals surface area contributed by atoms with Gasteiger partial charge in [-0.05, 0) is 31.9 Å². The number of ether oxygens (including phenoxy) is 1. The molecule has 28 heavy (non-hydrogen) atoms. The van der Waals surface area contributed by atoms with E-state index in [2.05, 4.69) is 20.4 Å². The van der Waals surface area contributed by atoms with E-state index in [9.17, 15) is 4.79 Å². The van der Waals surface area contributed by atoms with Crippen LogP contribution in [0.5, 0.6) is 0 Å². The molecule has 0 radical (unpaired) electrons. The van der Waals surface area contributed by atoms with Crippen LogP contribution in [0.4, 0.5) is 0 Å². The molecule has 0 saturated carbocycles. The topological polar surface area (TPSA) is 80.5 Å². The molecule has 2 aromatic rings. The van der Waals surface area contributed by atoms with Crippen LogP contribution in [0.3, 0.4) is 0 Å². The Morgan fingerprint density at radius 3 is 3.07 bits per heavy atom. The van der Waals surface area contributed by atoms with E-state index in [1.54, 1.807) is 12.1 Å². The molecule has 1 aromatic heterocycles. The van der Waals surface area contributed by atoms with Gasteiger partial charge in [0.25, 0.3) is 5.91 Å². The number of nitrogens with one attached hydrogen (secondary N) is 1. The zero-order chi connectivity index (χ0) is 19.3. The molecule has 1 N–H and O–H groups in total. The lowest BCUT2D eigenvalue weighted by Gasteiger charge is -2.29. The predicted octanol–water partition coefficient (Wildman–Crippen LogP) is 2.44. The van der Waals surface area contributed by atoms with E-state index in [1.807, 2.05) is 19.1 Å². The predicted molar refractivity (Wildman–Crippen MR) is 102 cm³/mol. The van der Waals surface area contributed by atoms with Crippen molar-refractivity contribution in [2.75, 3.05) is 19.6 Å². The first kappa shape index (κ1) is 18.1. The van der Waals surface area contributed by atoms with Gasteiger partial charge in [-0.25, -0.2) is 0 Å². The van der Waals surface area contributed by atoms with Crippen molar-refractivity contribution in [1.82, 2.24) is 20.4 Å². The average molecular weight is 403 g/mol. The number of benzene rings is 1. The van der Waals surface area contributed by atoms with Crippen LogP contribution in [0.1, 0.15) is 34.9 Å². The van der Waals surface area contributed by atoms with Gasteiger partial charge in [0.2, 0.25) is 5.89 Å². The molecule has 1 spiro atoms. The number of amides is 1. The van der Waals surface area contributed by atoms with Crippen molar-refractivity contribution in [3.05, 3.63) is 46.6 Å². The smallest absolute Gasteiger partial charge is 0.252 e. The molecule has 0 unspecified atom stereocenters. The molecule has 8 heteroatoms. The summed E-state index contributed by atoms with van der Waals surface area (Å²) >= 11 is 6.15.